The molecule has 2 amide bonds. The standard InChI is InChI=1S/C33H33FN2O7/c1-40-25-13-14-28(30(16-25)41-2)33(39)36(19-26-6-5-15-42-26)20-31(37)35(17-22-9-11-24(34)12-10-22)18-23-21-43-29-8-4-3-7-27(29)32(23)38/h3-4,7-14,16,21,26H,5-6,15,17-20H2,1-2H3. The molecule has 10 heteroatoms. The SMILES string of the molecule is COc1ccc(C(=O)N(CC(=O)N(Cc2ccc(F)cc2)Cc2coc3ccccc3c2=O)CC2CCCO2)c(OC)c1. The van der Waals surface area contributed by atoms with Gasteiger partial charge in [-0.1, -0.05) is 24.3 Å². The van der Waals surface area contributed by atoms with E-state index in [9.17, 15) is 18.8 Å². The van der Waals surface area contributed by atoms with E-state index in [1.165, 1.54) is 42.4 Å². The van der Waals surface area contributed by atoms with Gasteiger partial charge in [0.25, 0.3) is 5.91 Å². The highest BCUT2D eigenvalue weighted by molar-refractivity contribution is 5.99. The molecule has 1 saturated heterocycles. The lowest BCUT2D eigenvalue weighted by Gasteiger charge is -2.29. The van der Waals surface area contributed by atoms with Crippen molar-refractivity contribution in [3.05, 3.63) is 106 Å². The number of fused-ring (bicyclic) bond motifs is 1. The van der Waals surface area contributed by atoms with Crippen LogP contribution in [0, 0.1) is 5.82 Å². The van der Waals surface area contributed by atoms with E-state index in [1.54, 1.807) is 54.6 Å². The Morgan fingerprint density at radius 1 is 0.977 bits per heavy atom. The molecule has 0 N–H and O–H groups in total. The molecule has 1 aromatic heterocycles. The zero-order valence-electron chi connectivity index (χ0n) is 24.1. The van der Waals surface area contributed by atoms with Crippen molar-refractivity contribution in [3.8, 4) is 11.5 Å². The average molecular weight is 589 g/mol. The number of nitrogens with zero attached hydrogens (tertiary/aromatic N) is 2. The first-order valence-corrected chi connectivity index (χ1v) is 14.0. The van der Waals surface area contributed by atoms with Gasteiger partial charge in [0.2, 0.25) is 5.91 Å². The number of ether oxygens (including phenoxy) is 3. The zero-order valence-corrected chi connectivity index (χ0v) is 24.1. The molecule has 0 aliphatic carbocycles. The molecule has 43 heavy (non-hydrogen) atoms. The predicted octanol–water partition coefficient (Wildman–Crippen LogP) is 4.80. The summed E-state index contributed by atoms with van der Waals surface area (Å²) < 4.78 is 35.9. The van der Waals surface area contributed by atoms with Crippen LogP contribution >= 0.6 is 0 Å². The smallest absolute Gasteiger partial charge is 0.258 e. The third-order valence-corrected chi connectivity index (χ3v) is 7.45. The summed E-state index contributed by atoms with van der Waals surface area (Å²) in [5, 5.41) is 0.399. The van der Waals surface area contributed by atoms with Gasteiger partial charge in [0, 0.05) is 25.8 Å². The molecule has 3 aromatic carbocycles. The Balaban J connectivity index is 1.46. The Bertz CT molecular complexity index is 1650. The second-order valence-corrected chi connectivity index (χ2v) is 10.3. The van der Waals surface area contributed by atoms with Crippen LogP contribution in [0.2, 0.25) is 0 Å². The van der Waals surface area contributed by atoms with Gasteiger partial charge in [0.15, 0.2) is 5.43 Å². The number of methoxy groups -OCH3 is 2. The van der Waals surface area contributed by atoms with Crippen LogP contribution < -0.4 is 14.9 Å². The van der Waals surface area contributed by atoms with Crippen LogP contribution in [-0.2, 0) is 22.6 Å². The Morgan fingerprint density at radius 2 is 1.77 bits per heavy atom. The summed E-state index contributed by atoms with van der Waals surface area (Å²) in [6, 6.07) is 17.5. The fourth-order valence-electron chi connectivity index (χ4n) is 5.14. The number of hydrogen-bond acceptors (Lipinski definition) is 7. The van der Waals surface area contributed by atoms with E-state index in [-0.39, 0.29) is 48.8 Å². The van der Waals surface area contributed by atoms with Crippen molar-refractivity contribution in [1.29, 1.82) is 0 Å². The van der Waals surface area contributed by atoms with E-state index in [2.05, 4.69) is 0 Å². The van der Waals surface area contributed by atoms with Crippen molar-refractivity contribution in [2.75, 3.05) is 33.9 Å². The fourth-order valence-corrected chi connectivity index (χ4v) is 5.14. The summed E-state index contributed by atoms with van der Waals surface area (Å²) >= 11 is 0. The van der Waals surface area contributed by atoms with E-state index < -0.39 is 17.6 Å². The lowest BCUT2D eigenvalue weighted by Crippen LogP contribution is -2.45. The fraction of sp³-hybridized carbons (Fsp3) is 0.303. The molecule has 0 spiro atoms. The maximum Gasteiger partial charge on any atom is 0.258 e. The predicted molar refractivity (Wildman–Crippen MR) is 158 cm³/mol. The number of carbonyl (C=O) groups is 2. The summed E-state index contributed by atoms with van der Waals surface area (Å²) in [7, 11) is 2.98. The van der Waals surface area contributed by atoms with Gasteiger partial charge in [-0.05, 0) is 54.8 Å². The number of amides is 2. The van der Waals surface area contributed by atoms with Crippen LogP contribution in [0.5, 0.6) is 11.5 Å². The third kappa shape index (κ3) is 7.03. The topological polar surface area (TPSA) is 98.5 Å². The van der Waals surface area contributed by atoms with Crippen molar-refractivity contribution in [1.82, 2.24) is 9.80 Å². The Kier molecular flexibility index (Phi) is 9.36. The van der Waals surface area contributed by atoms with Crippen molar-refractivity contribution in [2.24, 2.45) is 0 Å². The van der Waals surface area contributed by atoms with Gasteiger partial charge < -0.3 is 28.4 Å². The maximum absolute atomic E-state index is 14.0. The monoisotopic (exact) mass is 588 g/mol. The molecule has 5 rings (SSSR count). The minimum Gasteiger partial charge on any atom is -0.497 e. The third-order valence-electron chi connectivity index (χ3n) is 7.45. The van der Waals surface area contributed by atoms with Gasteiger partial charge in [0.05, 0.1) is 49.6 Å². The van der Waals surface area contributed by atoms with E-state index in [1.807, 2.05) is 0 Å². The Labute approximate surface area is 248 Å². The molecule has 224 valence electrons. The molecule has 1 aliphatic heterocycles. The minimum atomic E-state index is -0.407. The highest BCUT2D eigenvalue weighted by atomic mass is 19.1. The minimum absolute atomic E-state index is 0.0722. The lowest BCUT2D eigenvalue weighted by molar-refractivity contribution is -0.133. The van der Waals surface area contributed by atoms with Gasteiger partial charge in [-0.2, -0.15) is 0 Å². The highest BCUT2D eigenvalue weighted by Gasteiger charge is 2.29. The van der Waals surface area contributed by atoms with E-state index in [0.29, 0.717) is 34.6 Å². The Morgan fingerprint density at radius 3 is 2.49 bits per heavy atom. The molecule has 1 unspecified atom stereocenters. The van der Waals surface area contributed by atoms with Gasteiger partial charge in [-0.3, -0.25) is 14.4 Å². The highest BCUT2D eigenvalue weighted by Crippen LogP contribution is 2.27. The van der Waals surface area contributed by atoms with Crippen LogP contribution in [0.1, 0.15) is 34.3 Å². The van der Waals surface area contributed by atoms with Gasteiger partial charge in [-0.15, -0.1) is 0 Å². The van der Waals surface area contributed by atoms with Crippen molar-refractivity contribution in [2.45, 2.75) is 32.0 Å². The molecule has 1 aliphatic rings. The van der Waals surface area contributed by atoms with Gasteiger partial charge in [-0.25, -0.2) is 4.39 Å². The quantitative estimate of drug-likeness (QED) is 0.248. The maximum atomic E-state index is 14.0. The molecule has 0 bridgehead atoms. The summed E-state index contributed by atoms with van der Waals surface area (Å²) in [6.45, 7) is 0.508. The summed E-state index contributed by atoms with van der Waals surface area (Å²) in [5.74, 6) is -0.384. The first kappa shape index (κ1) is 29.8. The van der Waals surface area contributed by atoms with Crippen LogP contribution in [0.25, 0.3) is 11.0 Å². The van der Waals surface area contributed by atoms with E-state index in [0.717, 1.165) is 12.8 Å². The Hall–Kier alpha value is -4.70. The summed E-state index contributed by atoms with van der Waals surface area (Å²) in [6.07, 6.45) is 2.75. The van der Waals surface area contributed by atoms with Crippen LogP contribution in [-0.4, -0.2) is 61.6 Å². The van der Waals surface area contributed by atoms with Gasteiger partial charge >= 0.3 is 0 Å². The van der Waals surface area contributed by atoms with E-state index >= 15 is 0 Å². The lowest BCUT2D eigenvalue weighted by atomic mass is 10.1. The molecule has 0 saturated carbocycles. The zero-order chi connectivity index (χ0) is 30.3. The molecule has 1 atom stereocenters. The first-order valence-electron chi connectivity index (χ1n) is 14.0. The van der Waals surface area contributed by atoms with Crippen LogP contribution in [0.4, 0.5) is 4.39 Å². The molecule has 9 nitrogen and oxygen atoms in total. The molecular formula is C33H33FN2O7. The second-order valence-electron chi connectivity index (χ2n) is 10.3. The molecule has 4 aromatic rings. The number of hydrogen-bond donors (Lipinski definition) is 0. The number of carbonyl (C=O) groups excluding carboxylic acids is 2. The van der Waals surface area contributed by atoms with Crippen molar-refractivity contribution >= 4 is 22.8 Å². The van der Waals surface area contributed by atoms with E-state index in [4.69, 9.17) is 18.6 Å². The number of benzene rings is 3. The van der Waals surface area contributed by atoms with Crippen molar-refractivity contribution < 1.29 is 32.6 Å². The normalized spacial score (nSPS) is 14.4. The largest absolute Gasteiger partial charge is 0.497 e. The van der Waals surface area contributed by atoms with Gasteiger partial charge in [0.1, 0.15) is 29.4 Å². The summed E-state index contributed by atoms with van der Waals surface area (Å²) in [4.78, 5) is 44.1. The van der Waals surface area contributed by atoms with Crippen LogP contribution in [0.15, 0.2) is 82.2 Å². The first-order chi connectivity index (χ1) is 20.9. The van der Waals surface area contributed by atoms with Crippen molar-refractivity contribution in [3.63, 3.8) is 0 Å². The van der Waals surface area contributed by atoms with Crippen LogP contribution in [0.3, 0.4) is 0 Å². The molecule has 1 fully saturated rings. The molecular weight excluding hydrogens is 555 g/mol. The number of rotatable bonds is 11. The molecule has 2 heterocycles. The average Bonchev–Trinajstić information content (AvgIpc) is 3.55. The summed E-state index contributed by atoms with van der Waals surface area (Å²) in [5.41, 5.74) is 1.40. The number of halogens is 1. The second kappa shape index (κ2) is 13.5. The molecule has 0 radical (unpaired) electrons. The number of para-hydroxylation sites is 1.